The summed E-state index contributed by atoms with van der Waals surface area (Å²) < 4.78 is 0. The molecule has 4 heteroatoms. The third kappa shape index (κ3) is 2.23. The van der Waals surface area contributed by atoms with Crippen LogP contribution < -0.4 is 5.73 Å². The van der Waals surface area contributed by atoms with Crippen LogP contribution in [0.25, 0.3) is 0 Å². The van der Waals surface area contributed by atoms with E-state index in [4.69, 9.17) is 5.73 Å². The van der Waals surface area contributed by atoms with Crippen LogP contribution in [0.5, 0.6) is 0 Å². The lowest BCUT2D eigenvalue weighted by molar-refractivity contribution is 1.24. The molecule has 2 heterocycles. The number of nitrogens with two attached hydrogens (primary N) is 1. The lowest BCUT2D eigenvalue weighted by Crippen LogP contribution is -1.88. The molecule has 0 saturated carbocycles. The molecule has 0 unspecified atom stereocenters. The number of pyridine rings is 2. The summed E-state index contributed by atoms with van der Waals surface area (Å²) in [4.78, 5) is 10.1. The summed E-state index contributed by atoms with van der Waals surface area (Å²) >= 11 is 1.64. The maximum atomic E-state index is 5.58. The van der Waals surface area contributed by atoms with Crippen LogP contribution in [-0.4, -0.2) is 9.97 Å². The van der Waals surface area contributed by atoms with Crippen LogP contribution in [-0.2, 0) is 0 Å². The summed E-state index contributed by atoms with van der Waals surface area (Å²) in [6.45, 7) is 0. The number of hydrogen-bond donors (Lipinski definition) is 1. The molecule has 14 heavy (non-hydrogen) atoms. The van der Waals surface area contributed by atoms with Gasteiger partial charge < -0.3 is 5.73 Å². The van der Waals surface area contributed by atoms with Crippen molar-refractivity contribution in [3.05, 3.63) is 42.9 Å². The van der Waals surface area contributed by atoms with Crippen LogP contribution in [0.15, 0.2) is 52.6 Å². The normalized spacial score (nSPS) is 10.0. The molecule has 0 aliphatic heterocycles. The van der Waals surface area contributed by atoms with Crippen molar-refractivity contribution in [3.63, 3.8) is 0 Å². The summed E-state index contributed by atoms with van der Waals surface area (Å²) in [6.07, 6.45) is 5.25. The van der Waals surface area contributed by atoms with E-state index in [1.54, 1.807) is 30.4 Å². The first-order chi connectivity index (χ1) is 6.84. The first-order valence-corrected chi connectivity index (χ1v) is 4.95. The van der Waals surface area contributed by atoms with Crippen LogP contribution in [0.3, 0.4) is 0 Å². The number of hydrogen-bond acceptors (Lipinski definition) is 4. The quantitative estimate of drug-likeness (QED) is 0.813. The smallest absolute Gasteiger partial charge is 0.124 e. The summed E-state index contributed by atoms with van der Waals surface area (Å²) in [5.41, 5.74) is 5.58. The Hall–Kier alpha value is -1.55. The molecule has 0 aromatic carbocycles. The molecular weight excluding hydrogens is 194 g/mol. The molecule has 0 aliphatic rings. The van der Waals surface area contributed by atoms with Crippen LogP contribution >= 0.6 is 11.8 Å². The monoisotopic (exact) mass is 203 g/mol. The second kappa shape index (κ2) is 4.11. The Labute approximate surface area is 86.4 Å². The van der Waals surface area contributed by atoms with Crippen molar-refractivity contribution in [2.75, 3.05) is 5.73 Å². The van der Waals surface area contributed by atoms with Gasteiger partial charge in [0, 0.05) is 28.4 Å². The molecule has 0 fully saturated rings. The van der Waals surface area contributed by atoms with Gasteiger partial charge >= 0.3 is 0 Å². The summed E-state index contributed by atoms with van der Waals surface area (Å²) in [5.74, 6) is 0.545. The summed E-state index contributed by atoms with van der Waals surface area (Å²) in [5, 5.41) is 0. The fourth-order valence-electron chi connectivity index (χ4n) is 1.03. The maximum Gasteiger partial charge on any atom is 0.124 e. The number of nitrogen functional groups attached to an aromatic ring is 1. The van der Waals surface area contributed by atoms with E-state index in [2.05, 4.69) is 9.97 Å². The number of aromatic nitrogens is 2. The molecule has 0 atom stereocenters. The van der Waals surface area contributed by atoms with Crippen molar-refractivity contribution in [1.82, 2.24) is 9.97 Å². The standard InChI is InChI=1S/C10H9N3S/c11-10-7-9(3-6-13-10)14-8-1-4-12-5-2-8/h1-7H,(H2,11,13). The molecule has 0 radical (unpaired) electrons. The molecule has 3 nitrogen and oxygen atoms in total. The van der Waals surface area contributed by atoms with E-state index < -0.39 is 0 Å². The molecule has 2 rings (SSSR count). The minimum Gasteiger partial charge on any atom is -0.384 e. The first-order valence-electron chi connectivity index (χ1n) is 4.14. The minimum atomic E-state index is 0.545. The largest absolute Gasteiger partial charge is 0.384 e. The topological polar surface area (TPSA) is 51.8 Å². The molecular formula is C10H9N3S. The van der Waals surface area contributed by atoms with Gasteiger partial charge in [0.15, 0.2) is 0 Å². The third-order valence-corrected chi connectivity index (χ3v) is 2.64. The molecule has 70 valence electrons. The Bertz CT molecular complexity index is 417. The molecule has 2 aromatic heterocycles. The van der Waals surface area contributed by atoms with E-state index in [1.165, 1.54) is 0 Å². The predicted octanol–water partition coefficient (Wildman–Crippen LogP) is 2.21. The zero-order valence-electron chi connectivity index (χ0n) is 7.42. The molecule has 0 bridgehead atoms. The van der Waals surface area contributed by atoms with Crippen LogP contribution in [0, 0.1) is 0 Å². The molecule has 0 aliphatic carbocycles. The fraction of sp³-hybridized carbons (Fsp3) is 0. The molecule has 2 aromatic rings. The maximum absolute atomic E-state index is 5.58. The van der Waals surface area contributed by atoms with Gasteiger partial charge in [-0.1, -0.05) is 11.8 Å². The van der Waals surface area contributed by atoms with Gasteiger partial charge in [-0.15, -0.1) is 0 Å². The van der Waals surface area contributed by atoms with Gasteiger partial charge in [-0.2, -0.15) is 0 Å². The van der Waals surface area contributed by atoms with Crippen molar-refractivity contribution in [3.8, 4) is 0 Å². The Morgan fingerprint density at radius 1 is 1.00 bits per heavy atom. The van der Waals surface area contributed by atoms with Crippen LogP contribution in [0.4, 0.5) is 5.82 Å². The Kier molecular flexibility index (Phi) is 2.65. The fourth-order valence-corrected chi connectivity index (χ4v) is 1.87. The van der Waals surface area contributed by atoms with Gasteiger partial charge in [-0.3, -0.25) is 4.98 Å². The summed E-state index contributed by atoms with van der Waals surface area (Å²) in [6, 6.07) is 7.70. The van der Waals surface area contributed by atoms with Gasteiger partial charge in [0.05, 0.1) is 0 Å². The average Bonchev–Trinajstić information content (AvgIpc) is 2.19. The molecule has 2 N–H and O–H groups in total. The molecule has 0 amide bonds. The Morgan fingerprint density at radius 2 is 1.71 bits per heavy atom. The van der Waals surface area contributed by atoms with E-state index in [0.717, 1.165) is 9.79 Å². The van der Waals surface area contributed by atoms with Crippen molar-refractivity contribution < 1.29 is 0 Å². The van der Waals surface area contributed by atoms with E-state index >= 15 is 0 Å². The molecule has 0 saturated heterocycles. The molecule has 0 spiro atoms. The van der Waals surface area contributed by atoms with E-state index in [9.17, 15) is 0 Å². The van der Waals surface area contributed by atoms with E-state index in [-0.39, 0.29) is 0 Å². The summed E-state index contributed by atoms with van der Waals surface area (Å²) in [7, 11) is 0. The second-order valence-corrected chi connectivity index (χ2v) is 3.85. The van der Waals surface area contributed by atoms with Crippen LogP contribution in [0.2, 0.25) is 0 Å². The highest BCUT2D eigenvalue weighted by Gasteiger charge is 1.96. The van der Waals surface area contributed by atoms with Gasteiger partial charge in [-0.05, 0) is 24.3 Å². The zero-order chi connectivity index (χ0) is 9.80. The highest BCUT2D eigenvalue weighted by Crippen LogP contribution is 2.27. The van der Waals surface area contributed by atoms with Crippen molar-refractivity contribution >= 4 is 17.6 Å². The zero-order valence-corrected chi connectivity index (χ0v) is 8.24. The van der Waals surface area contributed by atoms with Crippen molar-refractivity contribution in [1.29, 1.82) is 0 Å². The van der Waals surface area contributed by atoms with E-state index in [1.807, 2.05) is 24.3 Å². The van der Waals surface area contributed by atoms with Crippen molar-refractivity contribution in [2.45, 2.75) is 9.79 Å². The second-order valence-electron chi connectivity index (χ2n) is 2.70. The Morgan fingerprint density at radius 3 is 2.43 bits per heavy atom. The van der Waals surface area contributed by atoms with Gasteiger partial charge in [0.2, 0.25) is 0 Å². The predicted molar refractivity (Wildman–Crippen MR) is 57.0 cm³/mol. The first kappa shape index (κ1) is 9.02. The minimum absolute atomic E-state index is 0.545. The lowest BCUT2D eigenvalue weighted by Gasteiger charge is -2.00. The van der Waals surface area contributed by atoms with Gasteiger partial charge in [-0.25, -0.2) is 4.98 Å². The van der Waals surface area contributed by atoms with E-state index in [0.29, 0.717) is 5.82 Å². The highest BCUT2D eigenvalue weighted by molar-refractivity contribution is 7.99. The van der Waals surface area contributed by atoms with Crippen LogP contribution in [0.1, 0.15) is 0 Å². The lowest BCUT2D eigenvalue weighted by atomic mass is 10.5. The number of nitrogens with zero attached hydrogens (tertiary/aromatic N) is 2. The average molecular weight is 203 g/mol. The highest BCUT2D eigenvalue weighted by atomic mass is 32.2. The van der Waals surface area contributed by atoms with Gasteiger partial charge in [0.1, 0.15) is 5.82 Å². The number of rotatable bonds is 2. The SMILES string of the molecule is Nc1cc(Sc2ccncc2)ccn1. The Balaban J connectivity index is 2.19. The van der Waals surface area contributed by atoms with Gasteiger partial charge in [0.25, 0.3) is 0 Å². The third-order valence-electron chi connectivity index (χ3n) is 1.64. The number of anilines is 1. The van der Waals surface area contributed by atoms with Crippen molar-refractivity contribution in [2.24, 2.45) is 0 Å².